The van der Waals surface area contributed by atoms with Gasteiger partial charge in [-0.2, -0.15) is 4.98 Å². The first-order valence-corrected chi connectivity index (χ1v) is 8.74. The highest BCUT2D eigenvalue weighted by molar-refractivity contribution is 5.64. The Morgan fingerprint density at radius 1 is 0.821 bits per heavy atom. The molecule has 2 heterocycles. The van der Waals surface area contributed by atoms with Crippen LogP contribution in [0.2, 0.25) is 0 Å². The molecule has 0 spiro atoms. The summed E-state index contributed by atoms with van der Waals surface area (Å²) in [6, 6.07) is 13.0. The van der Waals surface area contributed by atoms with Gasteiger partial charge in [0.05, 0.1) is 14.2 Å². The van der Waals surface area contributed by atoms with Crippen LogP contribution in [0.15, 0.2) is 48.7 Å². The largest absolute Gasteiger partial charge is 0.493 e. The zero-order valence-electron chi connectivity index (χ0n) is 15.6. The number of rotatable bonds is 6. The van der Waals surface area contributed by atoms with Gasteiger partial charge >= 0.3 is 0 Å². The first-order chi connectivity index (χ1) is 13.7. The predicted molar refractivity (Wildman–Crippen MR) is 106 cm³/mol. The molecule has 1 aliphatic rings. The van der Waals surface area contributed by atoms with Crippen LogP contribution >= 0.6 is 0 Å². The predicted octanol–water partition coefficient (Wildman–Crippen LogP) is 3.75. The normalized spacial score (nSPS) is 12.2. The number of aromatic nitrogens is 2. The molecule has 4 rings (SSSR count). The molecule has 2 N–H and O–H groups in total. The molecule has 144 valence electrons. The highest BCUT2D eigenvalue weighted by Gasteiger charge is 2.12. The number of ether oxygens (including phenoxy) is 4. The third kappa shape index (κ3) is 3.85. The minimum atomic E-state index is 0.453. The van der Waals surface area contributed by atoms with Crippen LogP contribution in [0.5, 0.6) is 23.0 Å². The Morgan fingerprint density at radius 2 is 1.57 bits per heavy atom. The van der Waals surface area contributed by atoms with Gasteiger partial charge in [0, 0.05) is 29.7 Å². The van der Waals surface area contributed by atoms with Gasteiger partial charge in [-0.05, 0) is 30.3 Å². The lowest BCUT2D eigenvalue weighted by Crippen LogP contribution is -2.15. The lowest BCUT2D eigenvalue weighted by atomic mass is 10.2. The molecule has 1 aromatic heterocycles. The van der Waals surface area contributed by atoms with Crippen LogP contribution in [0.25, 0.3) is 0 Å². The lowest BCUT2D eigenvalue weighted by Gasteiger charge is -2.19. The average Bonchev–Trinajstić information content (AvgIpc) is 2.74. The van der Waals surface area contributed by atoms with E-state index in [1.54, 1.807) is 26.5 Å². The van der Waals surface area contributed by atoms with Crippen molar-refractivity contribution in [2.45, 2.75) is 0 Å². The number of nitrogens with one attached hydrogen (secondary N) is 2. The highest BCUT2D eigenvalue weighted by Crippen LogP contribution is 2.34. The van der Waals surface area contributed by atoms with Crippen molar-refractivity contribution in [2.75, 3.05) is 38.1 Å². The van der Waals surface area contributed by atoms with Gasteiger partial charge < -0.3 is 29.6 Å². The summed E-state index contributed by atoms with van der Waals surface area (Å²) in [5.41, 5.74) is 1.63. The summed E-state index contributed by atoms with van der Waals surface area (Å²) in [7, 11) is 3.19. The molecule has 1 aliphatic heterocycles. The van der Waals surface area contributed by atoms with E-state index in [2.05, 4.69) is 20.6 Å². The molecule has 2 aromatic carbocycles. The molecule has 0 saturated heterocycles. The summed E-state index contributed by atoms with van der Waals surface area (Å²) in [6.07, 6.45) is 1.68. The molecule has 0 fully saturated rings. The zero-order chi connectivity index (χ0) is 19.3. The molecule has 3 aromatic rings. The maximum Gasteiger partial charge on any atom is 0.229 e. The first kappa shape index (κ1) is 17.7. The highest BCUT2D eigenvalue weighted by atomic mass is 16.6. The van der Waals surface area contributed by atoms with Crippen LogP contribution in [0.4, 0.5) is 23.1 Å². The summed E-state index contributed by atoms with van der Waals surface area (Å²) >= 11 is 0. The van der Waals surface area contributed by atoms with Crippen LogP contribution in [-0.4, -0.2) is 37.4 Å². The second-order valence-corrected chi connectivity index (χ2v) is 5.94. The minimum Gasteiger partial charge on any atom is -0.493 e. The quantitative estimate of drug-likeness (QED) is 0.669. The topological polar surface area (TPSA) is 86.8 Å². The molecule has 0 radical (unpaired) electrons. The Labute approximate surface area is 162 Å². The third-order valence-electron chi connectivity index (χ3n) is 4.11. The van der Waals surface area contributed by atoms with Crippen LogP contribution < -0.4 is 29.6 Å². The summed E-state index contributed by atoms with van der Waals surface area (Å²) in [5.74, 6) is 3.84. The van der Waals surface area contributed by atoms with E-state index in [1.165, 1.54) is 0 Å². The van der Waals surface area contributed by atoms with E-state index in [9.17, 15) is 0 Å². The van der Waals surface area contributed by atoms with Gasteiger partial charge in [0.2, 0.25) is 5.95 Å². The smallest absolute Gasteiger partial charge is 0.229 e. The standard InChI is InChI=1S/C20H20N4O4/c1-25-15-5-3-14(11-17(15)26-2)23-20-21-8-7-19(24-20)22-13-4-6-16-18(12-13)28-10-9-27-16/h3-8,11-12H,9-10H2,1-2H3,(H2,21,22,23,24). The second kappa shape index (κ2) is 7.91. The number of methoxy groups -OCH3 is 2. The number of benzene rings is 2. The molecule has 0 amide bonds. The third-order valence-corrected chi connectivity index (χ3v) is 4.11. The molecule has 0 aliphatic carbocycles. The summed E-state index contributed by atoms with van der Waals surface area (Å²) in [5, 5.41) is 6.41. The molecular formula is C20H20N4O4. The van der Waals surface area contributed by atoms with Gasteiger partial charge in [0.15, 0.2) is 23.0 Å². The Balaban J connectivity index is 1.50. The summed E-state index contributed by atoms with van der Waals surface area (Å²) in [4.78, 5) is 8.76. The Kier molecular flexibility index (Phi) is 5.01. The average molecular weight is 380 g/mol. The van der Waals surface area contributed by atoms with Crippen LogP contribution in [0.1, 0.15) is 0 Å². The number of hydrogen-bond acceptors (Lipinski definition) is 8. The fraction of sp³-hybridized carbons (Fsp3) is 0.200. The summed E-state index contributed by atoms with van der Waals surface area (Å²) in [6.45, 7) is 1.11. The monoisotopic (exact) mass is 380 g/mol. The second-order valence-electron chi connectivity index (χ2n) is 5.94. The van der Waals surface area contributed by atoms with Crippen molar-refractivity contribution in [3.63, 3.8) is 0 Å². The SMILES string of the molecule is COc1ccc(Nc2nccc(Nc3ccc4c(c3)OCCO4)n2)cc1OC. The van der Waals surface area contributed by atoms with Crippen LogP contribution in [-0.2, 0) is 0 Å². The lowest BCUT2D eigenvalue weighted by molar-refractivity contribution is 0.171. The van der Waals surface area contributed by atoms with Gasteiger partial charge in [-0.25, -0.2) is 4.98 Å². The van der Waals surface area contributed by atoms with E-state index < -0.39 is 0 Å². The van der Waals surface area contributed by atoms with Gasteiger partial charge in [-0.15, -0.1) is 0 Å². The van der Waals surface area contributed by atoms with Gasteiger partial charge in [0.25, 0.3) is 0 Å². The van der Waals surface area contributed by atoms with Crippen LogP contribution in [0, 0.1) is 0 Å². The fourth-order valence-corrected chi connectivity index (χ4v) is 2.80. The Morgan fingerprint density at radius 3 is 2.39 bits per heavy atom. The van der Waals surface area contributed by atoms with E-state index in [0.717, 1.165) is 17.1 Å². The van der Waals surface area contributed by atoms with Gasteiger partial charge in [0.1, 0.15) is 19.0 Å². The number of anilines is 4. The van der Waals surface area contributed by atoms with Crippen molar-refractivity contribution in [1.82, 2.24) is 9.97 Å². The first-order valence-electron chi connectivity index (χ1n) is 8.74. The van der Waals surface area contributed by atoms with Crippen molar-refractivity contribution in [2.24, 2.45) is 0 Å². The minimum absolute atomic E-state index is 0.453. The maximum atomic E-state index is 5.61. The molecule has 0 bridgehead atoms. The van der Waals surface area contributed by atoms with E-state index >= 15 is 0 Å². The van der Waals surface area contributed by atoms with Crippen LogP contribution in [0.3, 0.4) is 0 Å². The number of fused-ring (bicyclic) bond motifs is 1. The maximum absolute atomic E-state index is 5.61. The van der Waals surface area contributed by atoms with Crippen molar-refractivity contribution >= 4 is 23.1 Å². The molecule has 8 heteroatoms. The van der Waals surface area contributed by atoms with E-state index in [0.29, 0.717) is 42.2 Å². The van der Waals surface area contributed by atoms with Crippen molar-refractivity contribution in [1.29, 1.82) is 0 Å². The van der Waals surface area contributed by atoms with Gasteiger partial charge in [-0.1, -0.05) is 0 Å². The van der Waals surface area contributed by atoms with Crippen molar-refractivity contribution in [3.8, 4) is 23.0 Å². The number of hydrogen-bond donors (Lipinski definition) is 2. The molecule has 28 heavy (non-hydrogen) atoms. The van der Waals surface area contributed by atoms with Crippen molar-refractivity contribution in [3.05, 3.63) is 48.7 Å². The molecule has 8 nitrogen and oxygen atoms in total. The van der Waals surface area contributed by atoms with Gasteiger partial charge in [-0.3, -0.25) is 0 Å². The van der Waals surface area contributed by atoms with Crippen molar-refractivity contribution < 1.29 is 18.9 Å². The fourth-order valence-electron chi connectivity index (χ4n) is 2.80. The number of nitrogens with zero attached hydrogens (tertiary/aromatic N) is 2. The zero-order valence-corrected chi connectivity index (χ0v) is 15.6. The Bertz CT molecular complexity index is 923. The van der Waals surface area contributed by atoms with E-state index in [4.69, 9.17) is 18.9 Å². The molecule has 0 saturated carbocycles. The molecule has 0 atom stereocenters. The molecule has 0 unspecified atom stereocenters. The summed E-state index contributed by atoms with van der Waals surface area (Å²) < 4.78 is 21.7. The Hall–Kier alpha value is -3.68. The molecular weight excluding hydrogens is 360 g/mol. The van der Waals surface area contributed by atoms with E-state index in [-0.39, 0.29) is 0 Å². The van der Waals surface area contributed by atoms with E-state index in [1.807, 2.05) is 36.4 Å².